The molecule has 0 unspecified atom stereocenters. The van der Waals surface area contributed by atoms with Crippen molar-refractivity contribution in [3.8, 4) is 5.75 Å². The maximum Gasteiger partial charge on any atom is 0.172 e. The number of benzene rings is 1. The van der Waals surface area contributed by atoms with Crippen LogP contribution in [-0.4, -0.2) is 45.8 Å². The third-order valence-electron chi connectivity index (χ3n) is 4.20. The van der Waals surface area contributed by atoms with E-state index < -0.39 is 0 Å². The Morgan fingerprint density at radius 3 is 2.61 bits per heavy atom. The van der Waals surface area contributed by atoms with Gasteiger partial charge < -0.3 is 9.64 Å². The maximum atomic E-state index is 11.2. The highest BCUT2D eigenvalue weighted by atomic mass is 16.5. The maximum absolute atomic E-state index is 11.2. The van der Waals surface area contributed by atoms with E-state index in [1.807, 2.05) is 31.2 Å². The highest BCUT2D eigenvalue weighted by molar-refractivity contribution is 5.73. The van der Waals surface area contributed by atoms with Crippen molar-refractivity contribution in [2.45, 2.75) is 32.9 Å². The molecule has 0 aliphatic carbocycles. The summed E-state index contributed by atoms with van der Waals surface area (Å²) in [6.45, 7) is 6.28. The van der Waals surface area contributed by atoms with Crippen molar-refractivity contribution >= 4 is 6.29 Å². The molecule has 0 amide bonds. The third kappa shape index (κ3) is 3.96. The number of hydrogen-bond acceptors (Lipinski definition) is 5. The monoisotopic (exact) mass is 314 g/mol. The van der Waals surface area contributed by atoms with Crippen LogP contribution in [0.2, 0.25) is 0 Å². The normalized spacial score (nSPS) is 15.0. The first-order valence-electron chi connectivity index (χ1n) is 8.05. The second-order valence-electron chi connectivity index (χ2n) is 5.91. The molecule has 1 fully saturated rings. The van der Waals surface area contributed by atoms with E-state index in [0.717, 1.165) is 43.9 Å². The summed E-state index contributed by atoms with van der Waals surface area (Å²) < 4.78 is 7.57. The number of aldehydes is 1. The number of rotatable bonds is 7. The van der Waals surface area contributed by atoms with Crippen LogP contribution in [0.5, 0.6) is 5.75 Å². The Kier molecular flexibility index (Phi) is 5.02. The first-order chi connectivity index (χ1) is 11.3. The molecule has 1 aromatic carbocycles. The Hall–Kier alpha value is -2.21. The minimum atomic E-state index is 0.296. The Labute approximate surface area is 136 Å². The highest BCUT2D eigenvalue weighted by Crippen LogP contribution is 2.15. The number of nitrogens with zero attached hydrogens (tertiary/aromatic N) is 4. The van der Waals surface area contributed by atoms with Gasteiger partial charge in [0, 0.05) is 6.54 Å². The summed E-state index contributed by atoms with van der Waals surface area (Å²) in [6.07, 6.45) is 3.27. The van der Waals surface area contributed by atoms with Crippen molar-refractivity contribution in [3.05, 3.63) is 41.2 Å². The summed E-state index contributed by atoms with van der Waals surface area (Å²) in [5, 5.41) is 8.06. The smallest absolute Gasteiger partial charge is 0.172 e. The fraction of sp³-hybridized carbons (Fsp3) is 0.471. The summed E-state index contributed by atoms with van der Waals surface area (Å²) in [4.78, 5) is 13.6. The van der Waals surface area contributed by atoms with E-state index in [2.05, 4.69) is 15.2 Å². The van der Waals surface area contributed by atoms with Gasteiger partial charge in [-0.3, -0.25) is 4.79 Å². The first kappa shape index (κ1) is 15.7. The predicted molar refractivity (Wildman–Crippen MR) is 86.6 cm³/mol. The van der Waals surface area contributed by atoms with Crippen LogP contribution in [0.15, 0.2) is 24.3 Å². The van der Waals surface area contributed by atoms with Gasteiger partial charge in [-0.25, -0.2) is 4.68 Å². The second-order valence-corrected chi connectivity index (χ2v) is 5.91. The number of likely N-dealkylation sites (tertiary alicyclic amines) is 1. The van der Waals surface area contributed by atoms with Crippen molar-refractivity contribution in [2.24, 2.45) is 0 Å². The van der Waals surface area contributed by atoms with Gasteiger partial charge in [-0.05, 0) is 45.0 Å². The quantitative estimate of drug-likeness (QED) is 0.732. The lowest BCUT2D eigenvalue weighted by Crippen LogP contribution is -2.25. The van der Waals surface area contributed by atoms with Gasteiger partial charge in [0.1, 0.15) is 18.1 Å². The van der Waals surface area contributed by atoms with Crippen LogP contribution in [0.1, 0.15) is 34.6 Å². The van der Waals surface area contributed by atoms with Crippen LogP contribution in [0.3, 0.4) is 0 Å². The fourth-order valence-corrected chi connectivity index (χ4v) is 2.79. The van der Waals surface area contributed by atoms with E-state index in [9.17, 15) is 4.79 Å². The van der Waals surface area contributed by atoms with Crippen LogP contribution >= 0.6 is 0 Å². The fourth-order valence-electron chi connectivity index (χ4n) is 2.79. The molecule has 0 atom stereocenters. The zero-order valence-electron chi connectivity index (χ0n) is 13.4. The third-order valence-corrected chi connectivity index (χ3v) is 4.20. The van der Waals surface area contributed by atoms with E-state index in [0.29, 0.717) is 12.3 Å². The molecule has 122 valence electrons. The van der Waals surface area contributed by atoms with Gasteiger partial charge in [0.05, 0.1) is 6.54 Å². The predicted octanol–water partition coefficient (Wildman–Crippen LogP) is 2.07. The SMILES string of the molecule is Cc1ccc(OCc2c(C=O)nnn2CCN2CCCC2)cc1. The van der Waals surface area contributed by atoms with Crippen molar-refractivity contribution in [3.63, 3.8) is 0 Å². The Balaban J connectivity index is 1.65. The van der Waals surface area contributed by atoms with Gasteiger partial charge in [0.25, 0.3) is 0 Å². The van der Waals surface area contributed by atoms with E-state index in [1.165, 1.54) is 18.4 Å². The summed E-state index contributed by atoms with van der Waals surface area (Å²) in [6, 6.07) is 7.85. The summed E-state index contributed by atoms with van der Waals surface area (Å²) in [5.74, 6) is 0.778. The lowest BCUT2D eigenvalue weighted by Gasteiger charge is -2.15. The van der Waals surface area contributed by atoms with Crippen LogP contribution in [0.4, 0.5) is 0 Å². The number of carbonyl (C=O) groups is 1. The summed E-state index contributed by atoms with van der Waals surface area (Å²) in [5.41, 5.74) is 2.28. The van der Waals surface area contributed by atoms with E-state index in [1.54, 1.807) is 4.68 Å². The average molecular weight is 314 g/mol. The van der Waals surface area contributed by atoms with Crippen LogP contribution in [-0.2, 0) is 13.2 Å². The molecule has 2 aromatic rings. The van der Waals surface area contributed by atoms with Crippen LogP contribution in [0, 0.1) is 6.92 Å². The van der Waals surface area contributed by atoms with Crippen molar-refractivity contribution in [1.29, 1.82) is 0 Å². The second kappa shape index (κ2) is 7.37. The van der Waals surface area contributed by atoms with Crippen molar-refractivity contribution < 1.29 is 9.53 Å². The molecule has 1 aliphatic rings. The molecule has 3 rings (SSSR count). The van der Waals surface area contributed by atoms with Gasteiger partial charge in [-0.1, -0.05) is 22.9 Å². The van der Waals surface area contributed by atoms with Crippen molar-refractivity contribution in [1.82, 2.24) is 19.9 Å². The summed E-state index contributed by atoms with van der Waals surface area (Å²) >= 11 is 0. The molecule has 0 spiro atoms. The zero-order chi connectivity index (χ0) is 16.1. The molecular formula is C17H22N4O2. The molecule has 0 saturated carbocycles. The Morgan fingerprint density at radius 2 is 1.91 bits per heavy atom. The van der Waals surface area contributed by atoms with Gasteiger partial charge >= 0.3 is 0 Å². The molecule has 6 heteroatoms. The lowest BCUT2D eigenvalue weighted by atomic mass is 10.2. The van der Waals surface area contributed by atoms with Crippen LogP contribution < -0.4 is 4.74 Å². The minimum absolute atomic E-state index is 0.296. The van der Waals surface area contributed by atoms with Gasteiger partial charge in [-0.2, -0.15) is 0 Å². The highest BCUT2D eigenvalue weighted by Gasteiger charge is 2.16. The lowest BCUT2D eigenvalue weighted by molar-refractivity contribution is 0.111. The number of carbonyl (C=O) groups excluding carboxylic acids is 1. The Bertz CT molecular complexity index is 645. The minimum Gasteiger partial charge on any atom is -0.487 e. The van der Waals surface area contributed by atoms with Gasteiger partial charge in [0.2, 0.25) is 0 Å². The van der Waals surface area contributed by atoms with E-state index in [4.69, 9.17) is 4.74 Å². The number of hydrogen-bond donors (Lipinski definition) is 0. The number of aromatic nitrogens is 3. The largest absolute Gasteiger partial charge is 0.487 e. The molecule has 0 radical (unpaired) electrons. The van der Waals surface area contributed by atoms with Crippen molar-refractivity contribution in [2.75, 3.05) is 19.6 Å². The number of ether oxygens (including phenoxy) is 1. The molecule has 23 heavy (non-hydrogen) atoms. The molecular weight excluding hydrogens is 292 g/mol. The van der Waals surface area contributed by atoms with Gasteiger partial charge in [-0.15, -0.1) is 5.10 Å². The van der Waals surface area contributed by atoms with Crippen LogP contribution in [0.25, 0.3) is 0 Å². The van der Waals surface area contributed by atoms with E-state index >= 15 is 0 Å². The number of aryl methyl sites for hydroxylation is 1. The first-order valence-corrected chi connectivity index (χ1v) is 8.05. The standard InChI is InChI=1S/C17H22N4O2/c1-14-4-6-15(7-5-14)23-13-17-16(12-22)18-19-21(17)11-10-20-8-2-3-9-20/h4-7,12H,2-3,8-11,13H2,1H3. The van der Waals surface area contributed by atoms with Gasteiger partial charge in [0.15, 0.2) is 12.0 Å². The zero-order valence-corrected chi connectivity index (χ0v) is 13.4. The molecule has 1 saturated heterocycles. The Morgan fingerprint density at radius 1 is 1.17 bits per heavy atom. The molecule has 0 N–H and O–H groups in total. The molecule has 0 bridgehead atoms. The molecule has 2 heterocycles. The topological polar surface area (TPSA) is 60.2 Å². The molecule has 6 nitrogen and oxygen atoms in total. The molecule has 1 aromatic heterocycles. The molecule has 1 aliphatic heterocycles. The van der Waals surface area contributed by atoms with E-state index in [-0.39, 0.29) is 0 Å². The summed E-state index contributed by atoms with van der Waals surface area (Å²) in [7, 11) is 0. The average Bonchev–Trinajstić information content (AvgIpc) is 3.21.